The van der Waals surface area contributed by atoms with E-state index in [1.54, 1.807) is 12.1 Å². The molecule has 0 bridgehead atoms. The third-order valence-corrected chi connectivity index (χ3v) is 9.35. The minimum atomic E-state index is -8.65. The molecule has 0 radical (unpaired) electrons. The SMILES string of the molecule is CCC(C)CC(CC(c1ccccc1)c1ccc(OCCCC(F)(F)C(F)(F)C(F)(F)C(F)(F)C(F)(F)C(F)(F)C(F)(F)C(F)(F)F)cc1)c1ccccc1. The molecule has 0 N–H and O–H groups in total. The summed E-state index contributed by atoms with van der Waals surface area (Å²) >= 11 is 0. The van der Waals surface area contributed by atoms with Crippen molar-refractivity contribution in [2.75, 3.05) is 6.61 Å². The summed E-state index contributed by atoms with van der Waals surface area (Å²) in [7, 11) is 0. The summed E-state index contributed by atoms with van der Waals surface area (Å²) < 4.78 is 235. The molecule has 3 unspecified atom stereocenters. The normalized spacial score (nSPS) is 15.8. The quantitative estimate of drug-likeness (QED) is 0.0865. The summed E-state index contributed by atoms with van der Waals surface area (Å²) in [4.78, 5) is 0. The van der Waals surface area contributed by atoms with E-state index < -0.39 is 67.1 Å². The van der Waals surface area contributed by atoms with Crippen LogP contribution in [0.5, 0.6) is 5.75 Å². The summed E-state index contributed by atoms with van der Waals surface area (Å²) in [6.07, 6.45) is -9.27. The molecule has 308 valence electrons. The van der Waals surface area contributed by atoms with Gasteiger partial charge in [-0.3, -0.25) is 0 Å². The van der Waals surface area contributed by atoms with Crippen LogP contribution in [0.4, 0.5) is 74.6 Å². The molecule has 18 heteroatoms. The molecule has 0 saturated carbocycles. The zero-order chi connectivity index (χ0) is 41.9. The average molecular weight is 819 g/mol. The van der Waals surface area contributed by atoms with Crippen LogP contribution in [-0.4, -0.2) is 54.2 Å². The minimum absolute atomic E-state index is 0.0748. The zero-order valence-electron chi connectivity index (χ0n) is 28.9. The second-order valence-corrected chi connectivity index (χ2v) is 13.2. The van der Waals surface area contributed by atoms with E-state index in [0.717, 1.165) is 29.5 Å². The first kappa shape index (κ1) is 45.7. The Morgan fingerprint density at radius 2 is 0.909 bits per heavy atom. The van der Waals surface area contributed by atoms with Crippen LogP contribution in [0.25, 0.3) is 0 Å². The van der Waals surface area contributed by atoms with Crippen LogP contribution >= 0.6 is 0 Å². The molecule has 0 aliphatic rings. The van der Waals surface area contributed by atoms with Gasteiger partial charge in [-0.05, 0) is 59.9 Å². The predicted octanol–water partition coefficient (Wildman–Crippen LogP) is 13.6. The Bertz CT molecular complexity index is 1640. The average Bonchev–Trinajstić information content (AvgIpc) is 3.11. The molecule has 3 aromatic rings. The second-order valence-electron chi connectivity index (χ2n) is 13.2. The van der Waals surface area contributed by atoms with Crippen molar-refractivity contribution in [3.8, 4) is 5.75 Å². The number of hydrogen-bond acceptors (Lipinski definition) is 1. The molecule has 0 aromatic heterocycles. The number of ether oxygens (including phenoxy) is 1. The zero-order valence-corrected chi connectivity index (χ0v) is 28.9. The van der Waals surface area contributed by atoms with Crippen molar-refractivity contribution < 1.29 is 79.4 Å². The van der Waals surface area contributed by atoms with Crippen molar-refractivity contribution in [2.24, 2.45) is 5.92 Å². The maximum atomic E-state index is 14.3. The number of rotatable bonds is 19. The largest absolute Gasteiger partial charge is 0.494 e. The van der Waals surface area contributed by atoms with Crippen molar-refractivity contribution in [3.63, 3.8) is 0 Å². The van der Waals surface area contributed by atoms with Gasteiger partial charge in [0.1, 0.15) is 5.75 Å². The summed E-state index contributed by atoms with van der Waals surface area (Å²) in [5.41, 5.74) is 2.83. The molecule has 0 spiro atoms. The molecule has 3 atom stereocenters. The lowest BCUT2D eigenvalue weighted by Crippen LogP contribution is -2.74. The second kappa shape index (κ2) is 16.4. The molecule has 0 heterocycles. The molecular formula is C37H35F17O. The highest BCUT2D eigenvalue weighted by molar-refractivity contribution is 5.37. The smallest absolute Gasteiger partial charge is 0.460 e. The number of benzene rings is 3. The van der Waals surface area contributed by atoms with Gasteiger partial charge in [0.25, 0.3) is 0 Å². The minimum Gasteiger partial charge on any atom is -0.494 e. The van der Waals surface area contributed by atoms with E-state index in [9.17, 15) is 74.6 Å². The Morgan fingerprint density at radius 1 is 0.491 bits per heavy atom. The summed E-state index contributed by atoms with van der Waals surface area (Å²) in [6, 6.07) is 25.1. The van der Waals surface area contributed by atoms with E-state index in [0.29, 0.717) is 12.3 Å². The number of alkyl halides is 17. The van der Waals surface area contributed by atoms with Crippen molar-refractivity contribution in [3.05, 3.63) is 102 Å². The van der Waals surface area contributed by atoms with Crippen molar-refractivity contribution >= 4 is 0 Å². The lowest BCUT2D eigenvalue weighted by atomic mass is 9.77. The van der Waals surface area contributed by atoms with E-state index in [1.165, 1.54) is 12.1 Å². The van der Waals surface area contributed by atoms with Gasteiger partial charge in [0.05, 0.1) is 6.61 Å². The summed E-state index contributed by atoms with van der Waals surface area (Å²) in [6.45, 7) is 3.19. The van der Waals surface area contributed by atoms with Crippen molar-refractivity contribution in [1.29, 1.82) is 0 Å². The molecule has 0 saturated heterocycles. The number of hydrogen-bond donors (Lipinski definition) is 0. The molecule has 1 nitrogen and oxygen atoms in total. The first-order valence-corrected chi connectivity index (χ1v) is 16.6. The lowest BCUT2D eigenvalue weighted by molar-refractivity contribution is -0.461. The van der Waals surface area contributed by atoms with Gasteiger partial charge in [0, 0.05) is 12.3 Å². The Hall–Kier alpha value is -3.73. The fourth-order valence-electron chi connectivity index (χ4n) is 5.81. The van der Waals surface area contributed by atoms with Crippen molar-refractivity contribution in [2.45, 2.75) is 105 Å². The highest BCUT2D eigenvalue weighted by Crippen LogP contribution is 2.64. The van der Waals surface area contributed by atoms with Crippen LogP contribution in [0.1, 0.15) is 74.5 Å². The fourth-order valence-corrected chi connectivity index (χ4v) is 5.81. The van der Waals surface area contributed by atoms with E-state index >= 15 is 0 Å². The Morgan fingerprint density at radius 3 is 1.36 bits per heavy atom. The van der Waals surface area contributed by atoms with Crippen LogP contribution in [0.2, 0.25) is 0 Å². The van der Waals surface area contributed by atoms with Crippen LogP contribution < -0.4 is 4.74 Å². The Balaban J connectivity index is 1.77. The summed E-state index contributed by atoms with van der Waals surface area (Å²) in [5.74, 6) is -56.2. The highest BCUT2D eigenvalue weighted by atomic mass is 19.4. The van der Waals surface area contributed by atoms with Gasteiger partial charge in [-0.15, -0.1) is 0 Å². The molecule has 0 amide bonds. The third kappa shape index (κ3) is 8.82. The third-order valence-electron chi connectivity index (χ3n) is 9.35. The van der Waals surface area contributed by atoms with Gasteiger partial charge in [-0.1, -0.05) is 93.1 Å². The molecule has 3 rings (SSSR count). The van der Waals surface area contributed by atoms with Gasteiger partial charge in [0.15, 0.2) is 0 Å². The van der Waals surface area contributed by atoms with Crippen molar-refractivity contribution in [1.82, 2.24) is 0 Å². The van der Waals surface area contributed by atoms with E-state index in [4.69, 9.17) is 4.74 Å². The van der Waals surface area contributed by atoms with Crippen LogP contribution in [0.3, 0.4) is 0 Å². The maximum absolute atomic E-state index is 14.3. The van der Waals surface area contributed by atoms with Gasteiger partial charge in [-0.25, -0.2) is 0 Å². The van der Waals surface area contributed by atoms with E-state index in [-0.39, 0.29) is 17.6 Å². The van der Waals surface area contributed by atoms with E-state index in [1.807, 2.05) is 60.7 Å². The van der Waals surface area contributed by atoms with Gasteiger partial charge in [-0.2, -0.15) is 74.6 Å². The first-order chi connectivity index (χ1) is 25.1. The molecule has 3 aromatic carbocycles. The van der Waals surface area contributed by atoms with Gasteiger partial charge >= 0.3 is 47.6 Å². The first-order valence-electron chi connectivity index (χ1n) is 16.6. The van der Waals surface area contributed by atoms with Gasteiger partial charge < -0.3 is 4.74 Å². The van der Waals surface area contributed by atoms with Crippen LogP contribution in [0.15, 0.2) is 84.9 Å². The topological polar surface area (TPSA) is 9.23 Å². The fraction of sp³-hybridized carbons (Fsp3) is 0.514. The molecular weight excluding hydrogens is 783 g/mol. The highest BCUT2D eigenvalue weighted by Gasteiger charge is 2.95. The lowest BCUT2D eigenvalue weighted by Gasteiger charge is -2.42. The maximum Gasteiger partial charge on any atom is 0.460 e. The summed E-state index contributed by atoms with van der Waals surface area (Å²) in [5, 5.41) is 0. The monoisotopic (exact) mass is 818 g/mol. The Labute approximate surface area is 304 Å². The molecule has 0 aliphatic heterocycles. The van der Waals surface area contributed by atoms with Gasteiger partial charge in [0.2, 0.25) is 0 Å². The van der Waals surface area contributed by atoms with Crippen LogP contribution in [-0.2, 0) is 0 Å². The van der Waals surface area contributed by atoms with E-state index in [2.05, 4.69) is 13.8 Å². The molecule has 0 fully saturated rings. The van der Waals surface area contributed by atoms with Crippen LogP contribution in [0, 0.1) is 5.92 Å². The molecule has 55 heavy (non-hydrogen) atoms. The standard InChI is InChI=1S/C37H35F17O/c1-3-23(2)21-27(24-11-6-4-7-12-24)22-29(25-13-8-5-9-14-25)26-15-17-28(18-16-26)55-20-10-19-30(38,39)31(40,41)32(42,43)33(44,45)34(46,47)35(48,49)36(50,51)37(52,53)54/h4-9,11-18,23,27,29H,3,10,19-22H2,1-2H3. The number of halogens is 17. The molecule has 0 aliphatic carbocycles. The predicted molar refractivity (Wildman–Crippen MR) is 168 cm³/mol. The Kier molecular flexibility index (Phi) is 13.6.